The highest BCUT2D eigenvalue weighted by molar-refractivity contribution is 6.06. The molecule has 2 saturated carbocycles. The van der Waals surface area contributed by atoms with Crippen molar-refractivity contribution in [2.24, 2.45) is 0 Å². The molecule has 3 heterocycles. The van der Waals surface area contributed by atoms with Gasteiger partial charge in [0.1, 0.15) is 17.1 Å². The number of ether oxygens (including phenoxy) is 2. The van der Waals surface area contributed by atoms with Gasteiger partial charge >= 0.3 is 0 Å². The van der Waals surface area contributed by atoms with E-state index in [9.17, 15) is 4.79 Å². The van der Waals surface area contributed by atoms with Gasteiger partial charge in [-0.3, -0.25) is 4.79 Å². The fourth-order valence-corrected chi connectivity index (χ4v) is 3.39. The second-order valence-electron chi connectivity index (χ2n) is 7.44. The number of rotatable bonds is 6. The number of aromatic nitrogens is 3. The van der Waals surface area contributed by atoms with Crippen molar-refractivity contribution in [3.63, 3.8) is 0 Å². The van der Waals surface area contributed by atoms with Crippen LogP contribution in [0, 0.1) is 0 Å². The van der Waals surface area contributed by atoms with E-state index < -0.39 is 0 Å². The summed E-state index contributed by atoms with van der Waals surface area (Å²) in [5, 5.41) is 2.89. The van der Waals surface area contributed by atoms with Crippen LogP contribution in [0.1, 0.15) is 54.1 Å². The van der Waals surface area contributed by atoms with Crippen molar-refractivity contribution in [3.8, 4) is 11.6 Å². The largest absolute Gasteiger partial charge is 0.489 e. The Morgan fingerprint density at radius 2 is 2.11 bits per heavy atom. The van der Waals surface area contributed by atoms with Crippen LogP contribution >= 0.6 is 0 Å². The zero-order valence-electron chi connectivity index (χ0n) is 15.7. The summed E-state index contributed by atoms with van der Waals surface area (Å²) >= 11 is 0. The third-order valence-electron chi connectivity index (χ3n) is 5.37. The van der Waals surface area contributed by atoms with E-state index in [0.717, 1.165) is 30.6 Å². The predicted molar refractivity (Wildman–Crippen MR) is 104 cm³/mol. The molecule has 5 rings (SSSR count). The first-order valence-electron chi connectivity index (χ1n) is 9.71. The van der Waals surface area contributed by atoms with Gasteiger partial charge in [-0.15, -0.1) is 0 Å². The second kappa shape index (κ2) is 6.82. The molecule has 0 saturated heterocycles. The molecule has 0 atom stereocenters. The Labute approximate surface area is 162 Å². The fraction of sp³-hybridized carbons (Fsp3) is 0.381. The number of methoxy groups -OCH3 is 1. The Morgan fingerprint density at radius 3 is 2.82 bits per heavy atom. The van der Waals surface area contributed by atoms with E-state index in [4.69, 9.17) is 14.5 Å². The molecule has 2 aliphatic carbocycles. The molecule has 3 aromatic rings. The van der Waals surface area contributed by atoms with Crippen molar-refractivity contribution in [1.29, 1.82) is 0 Å². The maximum atomic E-state index is 13.1. The quantitative estimate of drug-likeness (QED) is 0.706. The molecular weight excluding hydrogens is 356 g/mol. The molecule has 0 bridgehead atoms. The Morgan fingerprint density at radius 1 is 1.25 bits per heavy atom. The number of pyridine rings is 2. The number of carbonyl (C=O) groups excluding carboxylic acids is 1. The van der Waals surface area contributed by atoms with Crippen LogP contribution in [0.25, 0.3) is 5.65 Å². The number of carbonyl (C=O) groups is 1. The average Bonchev–Trinajstić information content (AvgIpc) is 3.44. The maximum Gasteiger partial charge on any atom is 0.261 e. The predicted octanol–water partition coefficient (Wildman–Crippen LogP) is 3.80. The van der Waals surface area contributed by atoms with Gasteiger partial charge in [0.15, 0.2) is 0 Å². The van der Waals surface area contributed by atoms with Crippen LogP contribution in [-0.2, 0) is 0 Å². The molecule has 0 radical (unpaired) electrons. The van der Waals surface area contributed by atoms with Gasteiger partial charge in [-0.1, -0.05) is 0 Å². The molecule has 1 N–H and O–H groups in total. The van der Waals surface area contributed by atoms with Gasteiger partial charge in [0.25, 0.3) is 5.91 Å². The van der Waals surface area contributed by atoms with Crippen molar-refractivity contribution < 1.29 is 14.3 Å². The number of hydrogen-bond donors (Lipinski definition) is 1. The second-order valence-corrected chi connectivity index (χ2v) is 7.44. The van der Waals surface area contributed by atoms with Crippen LogP contribution in [0.5, 0.6) is 11.6 Å². The lowest BCUT2D eigenvalue weighted by atomic mass is 9.96. The Balaban J connectivity index is 1.51. The number of anilines is 1. The molecular formula is C21H22N4O3. The smallest absolute Gasteiger partial charge is 0.261 e. The Kier molecular flexibility index (Phi) is 4.15. The molecule has 0 aliphatic heterocycles. The van der Waals surface area contributed by atoms with Gasteiger partial charge in [-0.25, -0.2) is 9.97 Å². The first kappa shape index (κ1) is 17.0. The SMILES string of the molecule is COc1ncccc1NC(=O)c1cn2cc(C3CC3)nc2cc1OC1CCC1. The molecule has 0 unspecified atom stereocenters. The fourth-order valence-electron chi connectivity index (χ4n) is 3.39. The van der Waals surface area contributed by atoms with E-state index in [2.05, 4.69) is 10.3 Å². The van der Waals surface area contributed by atoms with Gasteiger partial charge < -0.3 is 19.2 Å². The summed E-state index contributed by atoms with van der Waals surface area (Å²) < 4.78 is 13.3. The zero-order valence-corrected chi connectivity index (χ0v) is 15.7. The molecule has 0 aromatic carbocycles. The summed E-state index contributed by atoms with van der Waals surface area (Å²) in [6.07, 6.45) is 11.2. The average molecular weight is 378 g/mol. The highest BCUT2D eigenvalue weighted by atomic mass is 16.5. The molecule has 7 nitrogen and oxygen atoms in total. The first-order chi connectivity index (χ1) is 13.7. The molecule has 3 aromatic heterocycles. The number of amides is 1. The first-order valence-corrected chi connectivity index (χ1v) is 9.71. The van der Waals surface area contributed by atoms with E-state index in [1.807, 2.05) is 16.7 Å². The Bertz CT molecular complexity index is 1040. The van der Waals surface area contributed by atoms with Crippen LogP contribution in [0.15, 0.2) is 36.8 Å². The van der Waals surface area contributed by atoms with Crippen LogP contribution in [-0.4, -0.2) is 33.5 Å². The molecule has 28 heavy (non-hydrogen) atoms. The van der Waals surface area contributed by atoms with E-state index in [1.54, 1.807) is 24.5 Å². The molecule has 1 amide bonds. The molecule has 144 valence electrons. The van der Waals surface area contributed by atoms with Crippen molar-refractivity contribution in [2.45, 2.75) is 44.1 Å². The molecule has 0 spiro atoms. The van der Waals surface area contributed by atoms with Crippen LogP contribution < -0.4 is 14.8 Å². The minimum Gasteiger partial charge on any atom is -0.489 e. The maximum absolute atomic E-state index is 13.1. The highest BCUT2D eigenvalue weighted by Gasteiger charge is 2.28. The molecule has 2 aliphatic rings. The van der Waals surface area contributed by atoms with Gasteiger partial charge in [0.2, 0.25) is 5.88 Å². The summed E-state index contributed by atoms with van der Waals surface area (Å²) in [6, 6.07) is 5.39. The summed E-state index contributed by atoms with van der Waals surface area (Å²) in [5.41, 5.74) is 2.90. The number of hydrogen-bond acceptors (Lipinski definition) is 5. The molecule has 7 heteroatoms. The summed E-state index contributed by atoms with van der Waals surface area (Å²) in [5.74, 6) is 1.24. The van der Waals surface area contributed by atoms with E-state index in [1.165, 1.54) is 20.0 Å². The Hall–Kier alpha value is -3.09. The van der Waals surface area contributed by atoms with Crippen molar-refractivity contribution in [2.75, 3.05) is 12.4 Å². The van der Waals surface area contributed by atoms with Crippen molar-refractivity contribution in [1.82, 2.24) is 14.4 Å². The topological polar surface area (TPSA) is 77.8 Å². The number of nitrogens with one attached hydrogen (secondary N) is 1. The van der Waals surface area contributed by atoms with Gasteiger partial charge in [-0.2, -0.15) is 0 Å². The highest BCUT2D eigenvalue weighted by Crippen LogP contribution is 2.40. The monoisotopic (exact) mass is 378 g/mol. The molecule has 2 fully saturated rings. The van der Waals surface area contributed by atoms with E-state index in [0.29, 0.717) is 28.8 Å². The van der Waals surface area contributed by atoms with Crippen LogP contribution in [0.3, 0.4) is 0 Å². The van der Waals surface area contributed by atoms with E-state index in [-0.39, 0.29) is 12.0 Å². The number of nitrogens with zero attached hydrogens (tertiary/aromatic N) is 3. The van der Waals surface area contributed by atoms with Crippen molar-refractivity contribution in [3.05, 3.63) is 48.0 Å². The summed E-state index contributed by atoms with van der Waals surface area (Å²) in [6.45, 7) is 0. The summed E-state index contributed by atoms with van der Waals surface area (Å²) in [7, 11) is 1.53. The zero-order chi connectivity index (χ0) is 19.1. The van der Waals surface area contributed by atoms with Gasteiger partial charge in [0, 0.05) is 30.6 Å². The lowest BCUT2D eigenvalue weighted by Gasteiger charge is -2.27. The lowest BCUT2D eigenvalue weighted by molar-refractivity contribution is 0.0990. The number of fused-ring (bicyclic) bond motifs is 1. The summed E-state index contributed by atoms with van der Waals surface area (Å²) in [4.78, 5) is 21.9. The van der Waals surface area contributed by atoms with Crippen LogP contribution in [0.2, 0.25) is 0 Å². The third-order valence-corrected chi connectivity index (χ3v) is 5.37. The van der Waals surface area contributed by atoms with Crippen molar-refractivity contribution >= 4 is 17.2 Å². The third kappa shape index (κ3) is 3.17. The number of imidazole rings is 1. The standard InChI is InChI=1S/C21H22N4O3/c1-27-21-16(6-3-9-22-21)24-20(26)15-11-25-12-17(13-7-8-13)23-19(25)10-18(15)28-14-4-2-5-14/h3,6,9-14H,2,4-5,7-8H2,1H3,(H,24,26). The van der Waals surface area contributed by atoms with Crippen LogP contribution in [0.4, 0.5) is 5.69 Å². The minimum atomic E-state index is -0.260. The van der Waals surface area contributed by atoms with Gasteiger partial charge in [0.05, 0.1) is 24.5 Å². The minimum absolute atomic E-state index is 0.166. The van der Waals surface area contributed by atoms with E-state index >= 15 is 0 Å². The normalized spacial score (nSPS) is 16.6. The lowest BCUT2D eigenvalue weighted by Crippen LogP contribution is -2.26. The van der Waals surface area contributed by atoms with Gasteiger partial charge in [-0.05, 0) is 44.2 Å².